The zero-order valence-corrected chi connectivity index (χ0v) is 33.9. The standard InChI is InChI=1S/C39H57O12S.BF4/c1-40-16-19-43-22-25-46-28-31-49-34-10-4-7-13-37(34)52(38-14-8-5-11-35(38)50-32-29-47-26-23-44-20-17-41-2)39-15-9-6-12-36(39)51-33-30-48-27-24-45-21-18-42-3;2-1(3,4)5/h4-15H,16-33H2,1-3H3;/q+1;-1. The predicted molar refractivity (Wildman–Crippen MR) is 209 cm³/mol. The molecule has 0 aliphatic carbocycles. The van der Waals surface area contributed by atoms with Gasteiger partial charge in [0.15, 0.2) is 17.2 Å². The fraction of sp³-hybridized carbons (Fsp3) is 0.538. The molecule has 0 radical (unpaired) electrons. The first kappa shape index (κ1) is 50.0. The lowest BCUT2D eigenvalue weighted by molar-refractivity contribution is 0.0177. The number of benzene rings is 3. The quantitative estimate of drug-likeness (QED) is 0.0299. The Bertz CT molecular complexity index is 1250. The fourth-order valence-corrected chi connectivity index (χ4v) is 6.93. The molecule has 0 saturated heterocycles. The molecule has 12 nitrogen and oxygen atoms in total. The van der Waals surface area contributed by atoms with Crippen LogP contribution >= 0.6 is 0 Å². The third-order valence-electron chi connectivity index (χ3n) is 7.07. The largest absolute Gasteiger partial charge is 0.673 e. The van der Waals surface area contributed by atoms with E-state index in [0.717, 1.165) is 31.9 Å². The van der Waals surface area contributed by atoms with Gasteiger partial charge in [-0.2, -0.15) is 0 Å². The van der Waals surface area contributed by atoms with Crippen molar-refractivity contribution in [1.29, 1.82) is 0 Å². The Kier molecular flexibility index (Phi) is 28.7. The summed E-state index contributed by atoms with van der Waals surface area (Å²) < 4.78 is 107. The maximum absolute atomic E-state index is 9.75. The van der Waals surface area contributed by atoms with E-state index < -0.39 is 18.1 Å². The van der Waals surface area contributed by atoms with Crippen LogP contribution in [0.2, 0.25) is 0 Å². The molecule has 0 fully saturated rings. The highest BCUT2D eigenvalue weighted by Gasteiger charge is 2.37. The van der Waals surface area contributed by atoms with E-state index in [1.54, 1.807) is 21.3 Å². The molecule has 0 N–H and O–H groups in total. The smallest absolute Gasteiger partial charge is 0.486 e. The Morgan fingerprint density at radius 2 is 0.561 bits per heavy atom. The summed E-state index contributed by atoms with van der Waals surface area (Å²) in [6.07, 6.45) is 0. The molecule has 3 rings (SSSR count). The summed E-state index contributed by atoms with van der Waals surface area (Å²) in [7, 11) is -1.73. The van der Waals surface area contributed by atoms with Gasteiger partial charge in [-0.05, 0) is 36.4 Å². The number of rotatable bonds is 33. The molecule has 0 aliphatic heterocycles. The van der Waals surface area contributed by atoms with Crippen molar-refractivity contribution in [2.24, 2.45) is 0 Å². The second-order valence-electron chi connectivity index (χ2n) is 11.3. The lowest BCUT2D eigenvalue weighted by Crippen LogP contribution is -2.16. The topological polar surface area (TPSA) is 111 Å². The van der Waals surface area contributed by atoms with Crippen molar-refractivity contribution in [1.82, 2.24) is 0 Å². The molecule has 322 valence electrons. The van der Waals surface area contributed by atoms with E-state index in [2.05, 4.69) is 18.2 Å². The summed E-state index contributed by atoms with van der Waals surface area (Å²) in [5.74, 6) is 2.26. The van der Waals surface area contributed by atoms with Gasteiger partial charge in [-0.1, -0.05) is 36.4 Å². The molecule has 57 heavy (non-hydrogen) atoms. The monoisotopic (exact) mass is 836 g/mol. The fourth-order valence-electron chi connectivity index (χ4n) is 4.59. The van der Waals surface area contributed by atoms with Crippen molar-refractivity contribution in [3.05, 3.63) is 72.8 Å². The molecule has 0 bridgehead atoms. The van der Waals surface area contributed by atoms with E-state index in [-0.39, 0.29) is 0 Å². The molecule has 0 amide bonds. The maximum atomic E-state index is 9.75. The lowest BCUT2D eigenvalue weighted by atomic mass is 10.3. The van der Waals surface area contributed by atoms with Gasteiger partial charge in [0.25, 0.3) is 0 Å². The molecule has 0 aliphatic rings. The van der Waals surface area contributed by atoms with Crippen LogP contribution in [0.4, 0.5) is 17.3 Å². The molecular formula is C39H57BF4O12S. The van der Waals surface area contributed by atoms with Gasteiger partial charge in [-0.15, -0.1) is 0 Å². The van der Waals surface area contributed by atoms with Gasteiger partial charge in [0.1, 0.15) is 30.7 Å². The van der Waals surface area contributed by atoms with Crippen molar-refractivity contribution in [3.63, 3.8) is 0 Å². The SMILES string of the molecule is COCCOCCOCCOc1ccccc1[S+](c1ccccc1OCCOCCOCCOC)c1ccccc1OCCOCCOCCOC.F[B-](F)(F)F. The molecule has 0 heterocycles. The van der Waals surface area contributed by atoms with Crippen LogP contribution in [0.15, 0.2) is 87.5 Å². The number of halogens is 4. The number of para-hydroxylation sites is 3. The molecule has 18 heteroatoms. The highest BCUT2D eigenvalue weighted by atomic mass is 32.2. The lowest BCUT2D eigenvalue weighted by Gasteiger charge is -2.17. The average Bonchev–Trinajstić information content (AvgIpc) is 3.20. The summed E-state index contributed by atoms with van der Waals surface area (Å²) in [6.45, 7) is 8.60. The van der Waals surface area contributed by atoms with Crippen LogP contribution in [0.3, 0.4) is 0 Å². The van der Waals surface area contributed by atoms with Crippen LogP contribution < -0.4 is 14.2 Å². The molecule has 3 aromatic rings. The molecular weight excluding hydrogens is 779 g/mol. The predicted octanol–water partition coefficient (Wildman–Crippen LogP) is 6.26. The van der Waals surface area contributed by atoms with Gasteiger partial charge in [-0.3, -0.25) is 0 Å². The van der Waals surface area contributed by atoms with Crippen LogP contribution in [0.25, 0.3) is 0 Å². The molecule has 0 aromatic heterocycles. The molecule has 0 unspecified atom stereocenters. The van der Waals surface area contributed by atoms with Crippen molar-refractivity contribution < 1.29 is 74.1 Å². The van der Waals surface area contributed by atoms with Crippen molar-refractivity contribution in [2.45, 2.75) is 14.7 Å². The van der Waals surface area contributed by atoms with Crippen LogP contribution in [0, 0.1) is 0 Å². The molecule has 0 atom stereocenters. The number of hydrogen-bond donors (Lipinski definition) is 0. The van der Waals surface area contributed by atoms with Crippen LogP contribution in [0.5, 0.6) is 17.2 Å². The summed E-state index contributed by atoms with van der Waals surface area (Å²) in [4.78, 5) is 2.98. The van der Waals surface area contributed by atoms with E-state index in [4.69, 9.17) is 56.8 Å². The minimum atomic E-state index is -6.00. The molecule has 0 spiro atoms. The highest BCUT2D eigenvalue weighted by molar-refractivity contribution is 7.97. The summed E-state index contributed by atoms with van der Waals surface area (Å²) in [6, 6.07) is 24.2. The normalized spacial score (nSPS) is 11.4. The number of methoxy groups -OCH3 is 3. The van der Waals surface area contributed by atoms with Crippen molar-refractivity contribution >= 4 is 18.1 Å². The first-order chi connectivity index (χ1) is 27.8. The average molecular weight is 837 g/mol. The van der Waals surface area contributed by atoms with Gasteiger partial charge in [0.05, 0.1) is 99.1 Å². The molecule has 0 saturated carbocycles. The summed E-state index contributed by atoms with van der Waals surface area (Å²) >= 11 is 0. The number of ether oxygens (including phenoxy) is 12. The minimum Gasteiger partial charge on any atom is -0.486 e. The summed E-state index contributed by atoms with van der Waals surface area (Å²) in [5, 5.41) is 0. The van der Waals surface area contributed by atoms with E-state index in [0.29, 0.717) is 119 Å². The maximum Gasteiger partial charge on any atom is 0.673 e. The Balaban J connectivity index is 0.00000210. The highest BCUT2D eigenvalue weighted by Crippen LogP contribution is 2.43. The third kappa shape index (κ3) is 24.4. The molecule has 3 aromatic carbocycles. The van der Waals surface area contributed by atoms with Gasteiger partial charge in [0, 0.05) is 21.3 Å². The van der Waals surface area contributed by atoms with Crippen LogP contribution in [-0.4, -0.2) is 148 Å². The zero-order chi connectivity index (χ0) is 41.2. The van der Waals surface area contributed by atoms with Crippen LogP contribution in [-0.2, 0) is 53.5 Å². The second kappa shape index (κ2) is 32.8. The van der Waals surface area contributed by atoms with E-state index in [9.17, 15) is 17.3 Å². The zero-order valence-electron chi connectivity index (χ0n) is 33.1. The Labute approximate surface area is 336 Å². The van der Waals surface area contributed by atoms with E-state index in [1.165, 1.54) is 0 Å². The summed E-state index contributed by atoms with van der Waals surface area (Å²) in [5.41, 5.74) is 0. The van der Waals surface area contributed by atoms with Crippen molar-refractivity contribution in [2.75, 3.05) is 140 Å². The first-order valence-electron chi connectivity index (χ1n) is 18.5. The Morgan fingerprint density at radius 1 is 0.351 bits per heavy atom. The Morgan fingerprint density at radius 3 is 0.807 bits per heavy atom. The number of hydrogen-bond acceptors (Lipinski definition) is 12. The second-order valence-corrected chi connectivity index (χ2v) is 13.3. The Hall–Kier alpha value is -3.17. The first-order valence-corrected chi connectivity index (χ1v) is 19.7. The third-order valence-corrected chi connectivity index (χ3v) is 9.41. The minimum absolute atomic E-state index is 0.377. The van der Waals surface area contributed by atoms with Gasteiger partial charge in [-0.25, -0.2) is 0 Å². The van der Waals surface area contributed by atoms with Gasteiger partial charge < -0.3 is 74.1 Å². The van der Waals surface area contributed by atoms with Crippen molar-refractivity contribution in [3.8, 4) is 17.2 Å². The van der Waals surface area contributed by atoms with E-state index in [1.807, 2.05) is 54.6 Å². The van der Waals surface area contributed by atoms with Gasteiger partial charge in [0.2, 0.25) is 14.7 Å². The van der Waals surface area contributed by atoms with E-state index >= 15 is 0 Å². The van der Waals surface area contributed by atoms with Gasteiger partial charge >= 0.3 is 7.25 Å². The van der Waals surface area contributed by atoms with Crippen LogP contribution in [0.1, 0.15) is 0 Å².